The lowest BCUT2D eigenvalue weighted by Gasteiger charge is -2.30. The van der Waals surface area contributed by atoms with Crippen molar-refractivity contribution < 1.29 is 37.8 Å². The predicted octanol–water partition coefficient (Wildman–Crippen LogP) is 0.991. The molecule has 0 aromatic heterocycles. The van der Waals surface area contributed by atoms with E-state index in [1.165, 1.54) is 55.4 Å². The number of carboxylic acid groups (broad SMARTS) is 1. The van der Waals surface area contributed by atoms with E-state index < -0.39 is 46.2 Å². The van der Waals surface area contributed by atoms with E-state index in [9.17, 15) is 33.0 Å². The number of hydrogen-bond acceptors (Lipinski definition) is 8. The van der Waals surface area contributed by atoms with E-state index in [0.717, 1.165) is 5.56 Å². The number of rotatable bonds is 8. The first-order valence-corrected chi connectivity index (χ1v) is 12.6. The summed E-state index contributed by atoms with van der Waals surface area (Å²) in [5.41, 5.74) is 1.20. The van der Waals surface area contributed by atoms with Crippen LogP contribution in [0.3, 0.4) is 0 Å². The van der Waals surface area contributed by atoms with Crippen molar-refractivity contribution in [1.29, 1.82) is 0 Å². The SMILES string of the molecule is Cc1ccc(S(=O)(=O)N(C(=O)[C@@H]2C[C@@H](O)CN2)[C@@H](Cc2ccc(OC(=O)N(C)C)cc2)C(=O)O)cc1. The zero-order valence-electron chi connectivity index (χ0n) is 20.1. The van der Waals surface area contributed by atoms with Gasteiger partial charge in [-0.1, -0.05) is 29.8 Å². The van der Waals surface area contributed by atoms with Crippen LogP contribution in [0.4, 0.5) is 4.79 Å². The molecule has 12 heteroatoms. The van der Waals surface area contributed by atoms with Crippen LogP contribution in [0.1, 0.15) is 17.5 Å². The number of β-amino-alcohol motifs (C(OH)–C–C–N with tert-alkyl or cyclic N) is 1. The van der Waals surface area contributed by atoms with Crippen molar-refractivity contribution in [2.24, 2.45) is 0 Å². The molecule has 2 aromatic rings. The third-order valence-electron chi connectivity index (χ3n) is 5.69. The fraction of sp³-hybridized carbons (Fsp3) is 0.375. The number of ether oxygens (including phenoxy) is 1. The highest BCUT2D eigenvalue weighted by molar-refractivity contribution is 7.89. The maximum absolute atomic E-state index is 13.6. The summed E-state index contributed by atoms with van der Waals surface area (Å²) in [6, 6.07) is 8.79. The molecule has 3 N–H and O–H groups in total. The number of aliphatic hydroxyl groups excluding tert-OH is 1. The Balaban J connectivity index is 1.97. The molecule has 0 bridgehead atoms. The summed E-state index contributed by atoms with van der Waals surface area (Å²) in [6.07, 6.45) is -1.83. The van der Waals surface area contributed by atoms with Gasteiger partial charge >= 0.3 is 12.1 Å². The smallest absolute Gasteiger partial charge is 0.414 e. The maximum atomic E-state index is 13.6. The largest absolute Gasteiger partial charge is 0.480 e. The van der Waals surface area contributed by atoms with E-state index in [2.05, 4.69) is 5.32 Å². The molecule has 2 aromatic carbocycles. The fourth-order valence-electron chi connectivity index (χ4n) is 3.70. The number of carbonyl (C=O) groups is 3. The van der Waals surface area contributed by atoms with Gasteiger partial charge in [0.2, 0.25) is 0 Å². The quantitative estimate of drug-likeness (QED) is 0.463. The summed E-state index contributed by atoms with van der Waals surface area (Å²) in [5, 5.41) is 22.6. The summed E-state index contributed by atoms with van der Waals surface area (Å²) in [4.78, 5) is 38.5. The van der Waals surface area contributed by atoms with Crippen LogP contribution in [0.5, 0.6) is 5.75 Å². The molecule has 36 heavy (non-hydrogen) atoms. The molecular weight excluding hydrogens is 490 g/mol. The normalized spacial score (nSPS) is 18.3. The fourth-order valence-corrected chi connectivity index (χ4v) is 5.27. The second-order valence-electron chi connectivity index (χ2n) is 8.77. The van der Waals surface area contributed by atoms with E-state index in [-0.39, 0.29) is 30.0 Å². The first-order valence-electron chi connectivity index (χ1n) is 11.2. The zero-order valence-corrected chi connectivity index (χ0v) is 20.9. The topological polar surface area (TPSA) is 154 Å². The van der Waals surface area contributed by atoms with Gasteiger partial charge in [0, 0.05) is 27.1 Å². The lowest BCUT2D eigenvalue weighted by atomic mass is 10.0. The van der Waals surface area contributed by atoms with Gasteiger partial charge in [-0.05, 0) is 43.2 Å². The summed E-state index contributed by atoms with van der Waals surface area (Å²) in [6.45, 7) is 1.85. The predicted molar refractivity (Wildman–Crippen MR) is 129 cm³/mol. The molecule has 0 aliphatic carbocycles. The Morgan fingerprint density at radius 2 is 1.69 bits per heavy atom. The molecule has 2 amide bonds. The van der Waals surface area contributed by atoms with E-state index in [4.69, 9.17) is 4.74 Å². The van der Waals surface area contributed by atoms with Gasteiger partial charge in [-0.2, -0.15) is 0 Å². The second-order valence-corrected chi connectivity index (χ2v) is 10.6. The molecule has 1 aliphatic rings. The van der Waals surface area contributed by atoms with Gasteiger partial charge in [-0.25, -0.2) is 22.3 Å². The second kappa shape index (κ2) is 11.1. The van der Waals surface area contributed by atoms with Crippen molar-refractivity contribution in [1.82, 2.24) is 14.5 Å². The van der Waals surface area contributed by atoms with Gasteiger partial charge in [0.25, 0.3) is 15.9 Å². The van der Waals surface area contributed by atoms with Crippen molar-refractivity contribution in [3.63, 3.8) is 0 Å². The molecule has 1 saturated heterocycles. The molecule has 0 spiro atoms. The number of sulfonamides is 1. The van der Waals surface area contributed by atoms with Gasteiger partial charge in [-0.15, -0.1) is 0 Å². The third-order valence-corrected chi connectivity index (χ3v) is 7.51. The molecule has 3 atom stereocenters. The highest BCUT2D eigenvalue weighted by Gasteiger charge is 2.44. The van der Waals surface area contributed by atoms with Crippen LogP contribution < -0.4 is 10.1 Å². The van der Waals surface area contributed by atoms with E-state index >= 15 is 0 Å². The van der Waals surface area contributed by atoms with E-state index in [1.54, 1.807) is 19.1 Å². The summed E-state index contributed by atoms with van der Waals surface area (Å²) in [5.74, 6) is -2.26. The van der Waals surface area contributed by atoms with Crippen LogP contribution in [0, 0.1) is 6.92 Å². The number of nitrogens with one attached hydrogen (secondary N) is 1. The monoisotopic (exact) mass is 519 g/mol. The van der Waals surface area contributed by atoms with Crippen molar-refractivity contribution in [2.75, 3.05) is 20.6 Å². The van der Waals surface area contributed by atoms with Crippen LogP contribution in [-0.4, -0.2) is 84.6 Å². The molecule has 3 rings (SSSR count). The summed E-state index contributed by atoms with van der Waals surface area (Å²) >= 11 is 0. The standard InChI is InChI=1S/C24H29N3O8S/c1-15-4-10-19(11-5-15)36(33,34)27(22(29)20-13-17(28)14-25-20)21(23(30)31)12-16-6-8-18(9-7-16)35-24(32)26(2)3/h4-11,17,20-21,25,28H,12-14H2,1-3H3,(H,30,31)/t17-,20+,21+/m1/s1. The Labute approximate surface area is 209 Å². The Kier molecular flexibility index (Phi) is 8.33. The molecule has 1 aliphatic heterocycles. The molecule has 0 saturated carbocycles. The Bertz CT molecular complexity index is 1210. The van der Waals surface area contributed by atoms with Crippen LogP contribution in [-0.2, 0) is 26.0 Å². The van der Waals surface area contributed by atoms with Gasteiger partial charge in [0.15, 0.2) is 0 Å². The number of amides is 2. The van der Waals surface area contributed by atoms with E-state index in [1.807, 2.05) is 0 Å². The average molecular weight is 520 g/mol. The van der Waals surface area contributed by atoms with Crippen molar-refractivity contribution in [3.05, 3.63) is 59.7 Å². The maximum Gasteiger partial charge on any atom is 0.414 e. The number of carboxylic acids is 1. The zero-order chi connectivity index (χ0) is 26.6. The minimum atomic E-state index is -4.56. The number of benzene rings is 2. The number of aliphatic hydroxyl groups is 1. The minimum Gasteiger partial charge on any atom is -0.480 e. The molecular formula is C24H29N3O8S. The van der Waals surface area contributed by atoms with Crippen molar-refractivity contribution >= 4 is 28.0 Å². The Morgan fingerprint density at radius 1 is 1.08 bits per heavy atom. The molecule has 0 unspecified atom stereocenters. The van der Waals surface area contributed by atoms with Gasteiger partial charge in [0.05, 0.1) is 17.0 Å². The first-order chi connectivity index (χ1) is 16.9. The Hall–Kier alpha value is -3.48. The molecule has 1 fully saturated rings. The van der Waals surface area contributed by atoms with Crippen molar-refractivity contribution in [2.45, 2.75) is 42.8 Å². The van der Waals surface area contributed by atoms with Gasteiger partial charge in [0.1, 0.15) is 11.8 Å². The van der Waals surface area contributed by atoms with Crippen LogP contribution in [0.2, 0.25) is 0 Å². The van der Waals surface area contributed by atoms with Crippen LogP contribution in [0.25, 0.3) is 0 Å². The lowest BCUT2D eigenvalue weighted by molar-refractivity contribution is -0.146. The molecule has 1 heterocycles. The number of aliphatic carboxylic acids is 1. The van der Waals surface area contributed by atoms with Gasteiger partial charge in [-0.3, -0.25) is 4.79 Å². The molecule has 11 nitrogen and oxygen atoms in total. The Morgan fingerprint density at radius 3 is 2.19 bits per heavy atom. The van der Waals surface area contributed by atoms with Crippen molar-refractivity contribution in [3.8, 4) is 5.75 Å². The van der Waals surface area contributed by atoms with Crippen LogP contribution >= 0.6 is 0 Å². The number of aryl methyl sites for hydroxylation is 1. The molecule has 0 radical (unpaired) electrons. The molecule has 194 valence electrons. The summed E-state index contributed by atoms with van der Waals surface area (Å²) in [7, 11) is -1.52. The minimum absolute atomic E-state index is 0.0446. The average Bonchev–Trinajstić information content (AvgIpc) is 3.26. The first kappa shape index (κ1) is 27.1. The summed E-state index contributed by atoms with van der Waals surface area (Å²) < 4.78 is 32.7. The third kappa shape index (κ3) is 6.20. The van der Waals surface area contributed by atoms with E-state index in [0.29, 0.717) is 9.87 Å². The number of hydrogen-bond donors (Lipinski definition) is 3. The van der Waals surface area contributed by atoms with Gasteiger partial charge < -0.3 is 25.2 Å². The highest BCUT2D eigenvalue weighted by atomic mass is 32.2. The number of nitrogens with zero attached hydrogens (tertiary/aromatic N) is 2. The van der Waals surface area contributed by atoms with Crippen LogP contribution in [0.15, 0.2) is 53.4 Å². The highest BCUT2D eigenvalue weighted by Crippen LogP contribution is 2.25. The number of carbonyl (C=O) groups excluding carboxylic acids is 2. The lowest BCUT2D eigenvalue weighted by Crippen LogP contribution is -2.54.